The van der Waals surface area contributed by atoms with E-state index in [9.17, 15) is 4.79 Å². The Bertz CT molecular complexity index is 468. The highest BCUT2D eigenvalue weighted by Crippen LogP contribution is 2.33. The van der Waals surface area contributed by atoms with Crippen LogP contribution in [0.15, 0.2) is 30.3 Å². The summed E-state index contributed by atoms with van der Waals surface area (Å²) in [6.45, 7) is 6.73. The van der Waals surface area contributed by atoms with Crippen molar-refractivity contribution >= 4 is 6.03 Å². The van der Waals surface area contributed by atoms with E-state index < -0.39 is 0 Å². The van der Waals surface area contributed by atoms with Crippen LogP contribution in [0, 0.1) is 11.8 Å². The predicted octanol–water partition coefficient (Wildman–Crippen LogP) is 3.84. The molecule has 1 N–H and O–H groups in total. The van der Waals surface area contributed by atoms with E-state index in [4.69, 9.17) is 4.74 Å². The quantitative estimate of drug-likeness (QED) is 0.866. The maximum absolute atomic E-state index is 12.2. The second-order valence-electron chi connectivity index (χ2n) is 6.81. The third-order valence-electron chi connectivity index (χ3n) is 4.63. The van der Waals surface area contributed by atoms with Crippen molar-refractivity contribution in [1.29, 1.82) is 0 Å². The minimum absolute atomic E-state index is 0.0813. The molecule has 0 aromatic heterocycles. The van der Waals surface area contributed by atoms with E-state index in [2.05, 4.69) is 43.4 Å². The van der Waals surface area contributed by atoms with Crippen LogP contribution < -0.4 is 5.32 Å². The number of amides is 2. The lowest BCUT2D eigenvalue weighted by Crippen LogP contribution is -2.45. The summed E-state index contributed by atoms with van der Waals surface area (Å²) in [7, 11) is 1.78. The number of hydrogen-bond donors (Lipinski definition) is 1. The van der Waals surface area contributed by atoms with E-state index in [0.29, 0.717) is 11.8 Å². The van der Waals surface area contributed by atoms with Crippen molar-refractivity contribution in [1.82, 2.24) is 10.2 Å². The highest BCUT2D eigenvalue weighted by Gasteiger charge is 2.29. The Morgan fingerprint density at radius 2 is 1.91 bits per heavy atom. The van der Waals surface area contributed by atoms with Crippen LogP contribution >= 0.6 is 0 Å². The Morgan fingerprint density at radius 1 is 1.26 bits per heavy atom. The molecule has 0 saturated carbocycles. The van der Waals surface area contributed by atoms with Gasteiger partial charge in [0.15, 0.2) is 0 Å². The number of carbonyl (C=O) groups excluding carboxylic acids is 1. The molecule has 23 heavy (non-hydrogen) atoms. The normalized spacial score (nSPS) is 17.3. The summed E-state index contributed by atoms with van der Waals surface area (Å²) in [6, 6.07) is 10.5. The van der Waals surface area contributed by atoms with Gasteiger partial charge in [-0.3, -0.25) is 0 Å². The topological polar surface area (TPSA) is 41.6 Å². The first-order valence-corrected chi connectivity index (χ1v) is 8.72. The van der Waals surface area contributed by atoms with Crippen molar-refractivity contribution in [3.8, 4) is 0 Å². The van der Waals surface area contributed by atoms with Crippen LogP contribution in [0.1, 0.15) is 44.8 Å². The number of nitrogens with one attached hydrogen (secondary N) is 1. The average molecular weight is 318 g/mol. The number of carbonyl (C=O) groups is 1. The van der Waals surface area contributed by atoms with Gasteiger partial charge >= 0.3 is 6.03 Å². The number of rotatable bonds is 6. The molecule has 4 nitrogen and oxygen atoms in total. The lowest BCUT2D eigenvalue weighted by molar-refractivity contribution is 0.0255. The molecule has 4 heteroatoms. The Kier molecular flexibility index (Phi) is 6.90. The van der Waals surface area contributed by atoms with Gasteiger partial charge in [0, 0.05) is 26.7 Å². The Morgan fingerprint density at radius 3 is 2.48 bits per heavy atom. The summed E-state index contributed by atoms with van der Waals surface area (Å²) < 4.78 is 5.74. The molecule has 1 aliphatic heterocycles. The summed E-state index contributed by atoms with van der Waals surface area (Å²) in [5, 5.41) is 3.03. The van der Waals surface area contributed by atoms with Crippen LogP contribution in [-0.4, -0.2) is 37.7 Å². The highest BCUT2D eigenvalue weighted by atomic mass is 16.5. The largest absolute Gasteiger partial charge is 0.376 e. The number of methoxy groups -OCH3 is 1. The fraction of sp³-hybridized carbons (Fsp3) is 0.632. The Hall–Kier alpha value is -1.55. The molecule has 1 unspecified atom stereocenters. The molecule has 0 spiro atoms. The molecule has 1 atom stereocenters. The van der Waals surface area contributed by atoms with Crippen molar-refractivity contribution in [2.75, 3.05) is 26.7 Å². The monoisotopic (exact) mass is 318 g/mol. The van der Waals surface area contributed by atoms with Gasteiger partial charge in [-0.25, -0.2) is 4.79 Å². The fourth-order valence-corrected chi connectivity index (χ4v) is 3.23. The number of benzene rings is 1. The van der Waals surface area contributed by atoms with Gasteiger partial charge in [-0.1, -0.05) is 44.2 Å². The molecule has 0 aliphatic carbocycles. The van der Waals surface area contributed by atoms with Crippen LogP contribution in [0.25, 0.3) is 0 Å². The molecule has 1 fully saturated rings. The van der Waals surface area contributed by atoms with Gasteiger partial charge in [0.25, 0.3) is 0 Å². The molecule has 1 aromatic carbocycles. The molecule has 1 aromatic rings. The second-order valence-corrected chi connectivity index (χ2v) is 6.81. The van der Waals surface area contributed by atoms with E-state index in [1.165, 1.54) is 5.56 Å². The average Bonchev–Trinajstić information content (AvgIpc) is 2.57. The van der Waals surface area contributed by atoms with Crippen molar-refractivity contribution < 1.29 is 9.53 Å². The summed E-state index contributed by atoms with van der Waals surface area (Å²) in [6.07, 6.45) is 3.14. The van der Waals surface area contributed by atoms with Gasteiger partial charge in [0.05, 0.1) is 6.10 Å². The number of likely N-dealkylation sites (tertiary alicyclic amines) is 1. The van der Waals surface area contributed by atoms with Crippen LogP contribution in [0.4, 0.5) is 4.79 Å². The number of nitrogens with zero attached hydrogens (tertiary/aromatic N) is 1. The van der Waals surface area contributed by atoms with E-state index >= 15 is 0 Å². The van der Waals surface area contributed by atoms with Crippen molar-refractivity contribution in [3.63, 3.8) is 0 Å². The summed E-state index contributed by atoms with van der Waals surface area (Å²) in [5.41, 5.74) is 1.23. The zero-order chi connectivity index (χ0) is 16.7. The number of hydrogen-bond acceptors (Lipinski definition) is 2. The van der Waals surface area contributed by atoms with E-state index in [1.54, 1.807) is 7.11 Å². The van der Waals surface area contributed by atoms with Gasteiger partial charge in [-0.2, -0.15) is 0 Å². The molecular weight excluding hydrogens is 288 g/mol. The molecular formula is C19H30N2O2. The van der Waals surface area contributed by atoms with Crippen LogP contribution in [0.3, 0.4) is 0 Å². The number of piperidine rings is 1. The minimum atomic E-state index is 0.0813. The Balaban J connectivity index is 1.82. The van der Waals surface area contributed by atoms with Crippen LogP contribution in [0.5, 0.6) is 0 Å². The van der Waals surface area contributed by atoms with E-state index in [1.807, 2.05) is 11.0 Å². The zero-order valence-electron chi connectivity index (χ0n) is 14.6. The smallest absolute Gasteiger partial charge is 0.317 e. The third kappa shape index (κ3) is 5.24. The van der Waals surface area contributed by atoms with Gasteiger partial charge in [0.1, 0.15) is 0 Å². The van der Waals surface area contributed by atoms with Crippen LogP contribution in [0.2, 0.25) is 0 Å². The molecule has 128 valence electrons. The maximum Gasteiger partial charge on any atom is 0.317 e. The number of urea groups is 1. The first-order chi connectivity index (χ1) is 11.1. The lowest BCUT2D eigenvalue weighted by atomic mass is 9.87. The molecule has 1 saturated heterocycles. The van der Waals surface area contributed by atoms with Crippen molar-refractivity contribution in [2.24, 2.45) is 11.8 Å². The van der Waals surface area contributed by atoms with E-state index in [0.717, 1.165) is 38.9 Å². The minimum Gasteiger partial charge on any atom is -0.376 e. The highest BCUT2D eigenvalue weighted by molar-refractivity contribution is 5.74. The Labute approximate surface area is 140 Å². The standard InChI is InChI=1S/C19H30N2O2/c1-15(2)9-12-20-19(22)21-13-10-17(11-14-21)18(23-3)16-7-5-4-6-8-16/h4-8,15,17-18H,9-14H2,1-3H3,(H,20,22). The van der Waals surface area contributed by atoms with Crippen LogP contribution in [-0.2, 0) is 4.74 Å². The van der Waals surface area contributed by atoms with Gasteiger partial charge in [0.2, 0.25) is 0 Å². The summed E-state index contributed by atoms with van der Waals surface area (Å²) >= 11 is 0. The fourth-order valence-electron chi connectivity index (χ4n) is 3.23. The van der Waals surface area contributed by atoms with Gasteiger partial charge in [-0.05, 0) is 36.7 Å². The lowest BCUT2D eigenvalue weighted by Gasteiger charge is -2.35. The molecule has 2 rings (SSSR count). The van der Waals surface area contributed by atoms with Gasteiger partial charge < -0.3 is 15.0 Å². The zero-order valence-corrected chi connectivity index (χ0v) is 14.6. The molecule has 0 radical (unpaired) electrons. The SMILES string of the molecule is COC(c1ccccc1)C1CCN(C(=O)NCCC(C)C)CC1. The van der Waals surface area contributed by atoms with Crippen molar-refractivity contribution in [2.45, 2.75) is 39.2 Å². The van der Waals surface area contributed by atoms with Gasteiger partial charge in [-0.15, -0.1) is 0 Å². The first-order valence-electron chi connectivity index (χ1n) is 8.72. The second kappa shape index (κ2) is 8.92. The van der Waals surface area contributed by atoms with E-state index in [-0.39, 0.29) is 12.1 Å². The molecule has 1 heterocycles. The predicted molar refractivity (Wildman–Crippen MR) is 93.3 cm³/mol. The molecule has 2 amide bonds. The third-order valence-corrected chi connectivity index (χ3v) is 4.63. The maximum atomic E-state index is 12.2. The molecule has 1 aliphatic rings. The number of ether oxygens (including phenoxy) is 1. The summed E-state index contributed by atoms with van der Waals surface area (Å²) in [4.78, 5) is 14.1. The van der Waals surface area contributed by atoms with Crippen molar-refractivity contribution in [3.05, 3.63) is 35.9 Å². The first kappa shape index (κ1) is 17.8. The molecule has 0 bridgehead atoms. The summed E-state index contributed by atoms with van der Waals surface area (Å²) in [5.74, 6) is 1.09.